The van der Waals surface area contributed by atoms with Gasteiger partial charge in [-0.1, -0.05) is 45.4 Å². The molecule has 0 radical (unpaired) electrons. The monoisotopic (exact) mass is 278 g/mol. The van der Waals surface area contributed by atoms with E-state index < -0.39 is 0 Å². The van der Waals surface area contributed by atoms with E-state index in [1.807, 2.05) is 0 Å². The lowest BCUT2D eigenvalue weighted by Crippen LogP contribution is -2.25. The fourth-order valence-electron chi connectivity index (χ4n) is 2.42. The Hall–Kier alpha value is 0.210. The molecule has 0 fully saturated rings. The fraction of sp³-hybridized carbons (Fsp3) is 1.00. The van der Waals surface area contributed by atoms with E-state index >= 15 is 0 Å². The molecule has 0 aliphatic heterocycles. The molecule has 0 rings (SSSR count). The molecule has 0 bridgehead atoms. The maximum Gasteiger partial charge on any atom is 0.159 e. The molecule has 0 aromatic heterocycles. The molecule has 0 spiro atoms. The topological polar surface area (TPSA) is 18.5 Å². The Morgan fingerprint density at radius 1 is 0.833 bits per heavy atom. The highest BCUT2D eigenvalue weighted by Gasteiger charge is 2.19. The maximum atomic E-state index is 5.77. The van der Waals surface area contributed by atoms with Crippen molar-refractivity contribution in [1.82, 2.24) is 0 Å². The van der Waals surface area contributed by atoms with Crippen molar-refractivity contribution >= 4 is 11.6 Å². The Labute approximate surface area is 118 Å². The van der Waals surface area contributed by atoms with E-state index in [2.05, 4.69) is 6.92 Å². The molecule has 110 valence electrons. The molecule has 0 saturated heterocycles. The molecule has 0 aliphatic rings. The van der Waals surface area contributed by atoms with Crippen LogP contribution in [0.1, 0.15) is 64.7 Å². The molecule has 0 aromatic carbocycles. The number of rotatable bonds is 13. The van der Waals surface area contributed by atoms with Gasteiger partial charge in [-0.25, -0.2) is 0 Å². The summed E-state index contributed by atoms with van der Waals surface area (Å²) < 4.78 is 10.8. The zero-order valence-electron chi connectivity index (χ0n) is 12.4. The van der Waals surface area contributed by atoms with Crippen LogP contribution in [-0.4, -0.2) is 26.4 Å². The molecule has 18 heavy (non-hydrogen) atoms. The van der Waals surface area contributed by atoms with Gasteiger partial charge in [-0.3, -0.25) is 0 Å². The lowest BCUT2D eigenvalue weighted by atomic mass is 9.95. The number of hydrogen-bond acceptors (Lipinski definition) is 2. The van der Waals surface area contributed by atoms with E-state index in [0.717, 1.165) is 18.7 Å². The quantitative estimate of drug-likeness (QED) is 0.268. The first-order valence-corrected chi connectivity index (χ1v) is 7.95. The van der Waals surface area contributed by atoms with Gasteiger partial charge in [-0.15, -0.1) is 11.6 Å². The highest BCUT2D eigenvalue weighted by molar-refractivity contribution is 6.17. The summed E-state index contributed by atoms with van der Waals surface area (Å²) in [6, 6.07) is 0. The van der Waals surface area contributed by atoms with Gasteiger partial charge < -0.3 is 9.47 Å². The fourth-order valence-corrected chi connectivity index (χ4v) is 2.58. The van der Waals surface area contributed by atoms with Gasteiger partial charge in [0.25, 0.3) is 0 Å². The van der Waals surface area contributed by atoms with Crippen molar-refractivity contribution in [1.29, 1.82) is 0 Å². The summed E-state index contributed by atoms with van der Waals surface area (Å²) in [5, 5.41) is 0. The van der Waals surface area contributed by atoms with Crippen molar-refractivity contribution in [2.45, 2.75) is 71.0 Å². The van der Waals surface area contributed by atoms with E-state index in [-0.39, 0.29) is 6.29 Å². The molecule has 1 atom stereocenters. The minimum absolute atomic E-state index is 0.0659. The molecule has 0 amide bonds. The Kier molecular flexibility index (Phi) is 13.8. The van der Waals surface area contributed by atoms with Crippen LogP contribution < -0.4 is 0 Å². The van der Waals surface area contributed by atoms with Crippen molar-refractivity contribution in [3.63, 3.8) is 0 Å². The SMILES string of the molecule is CCCCCCCCC(CCCCl)C(OC)OC. The van der Waals surface area contributed by atoms with Crippen LogP contribution in [0.5, 0.6) is 0 Å². The molecule has 0 heterocycles. The van der Waals surface area contributed by atoms with Crippen LogP contribution in [0.3, 0.4) is 0 Å². The lowest BCUT2D eigenvalue weighted by molar-refractivity contribution is -0.140. The molecule has 0 N–H and O–H groups in total. The van der Waals surface area contributed by atoms with Crippen LogP contribution in [0, 0.1) is 5.92 Å². The van der Waals surface area contributed by atoms with Crippen LogP contribution in [0.4, 0.5) is 0 Å². The summed E-state index contributed by atoms with van der Waals surface area (Å²) in [6.07, 6.45) is 11.3. The minimum atomic E-state index is -0.0659. The van der Waals surface area contributed by atoms with Crippen LogP contribution in [-0.2, 0) is 9.47 Å². The first-order valence-electron chi connectivity index (χ1n) is 7.41. The summed E-state index contributed by atoms with van der Waals surface area (Å²) in [5.74, 6) is 1.22. The lowest BCUT2D eigenvalue weighted by Gasteiger charge is -2.24. The third kappa shape index (κ3) is 9.18. The van der Waals surface area contributed by atoms with Gasteiger partial charge in [0.05, 0.1) is 0 Å². The first-order chi connectivity index (χ1) is 8.79. The van der Waals surface area contributed by atoms with Crippen LogP contribution >= 0.6 is 11.6 Å². The van der Waals surface area contributed by atoms with E-state index in [1.54, 1.807) is 14.2 Å². The predicted molar refractivity (Wildman–Crippen MR) is 79.2 cm³/mol. The zero-order valence-corrected chi connectivity index (χ0v) is 13.2. The average Bonchev–Trinajstić information content (AvgIpc) is 2.40. The van der Waals surface area contributed by atoms with E-state index in [9.17, 15) is 0 Å². The summed E-state index contributed by atoms with van der Waals surface area (Å²) >= 11 is 5.77. The van der Waals surface area contributed by atoms with Crippen molar-refractivity contribution in [3.8, 4) is 0 Å². The third-order valence-corrected chi connectivity index (χ3v) is 3.75. The maximum absolute atomic E-state index is 5.77. The van der Waals surface area contributed by atoms with Gasteiger partial charge in [0.15, 0.2) is 6.29 Å². The third-order valence-electron chi connectivity index (χ3n) is 3.49. The van der Waals surface area contributed by atoms with Gasteiger partial charge in [0, 0.05) is 26.0 Å². The normalized spacial score (nSPS) is 13.2. The standard InChI is InChI=1S/C15H31ClO2/c1-4-5-6-7-8-9-11-14(12-10-13-16)15(17-2)18-3/h14-15H,4-13H2,1-3H3. The summed E-state index contributed by atoms with van der Waals surface area (Å²) in [4.78, 5) is 0. The van der Waals surface area contributed by atoms with Gasteiger partial charge in [0.1, 0.15) is 0 Å². The zero-order chi connectivity index (χ0) is 13.6. The van der Waals surface area contributed by atoms with Crippen molar-refractivity contribution in [2.24, 2.45) is 5.92 Å². The second-order valence-electron chi connectivity index (χ2n) is 4.99. The average molecular weight is 279 g/mol. The highest BCUT2D eigenvalue weighted by Crippen LogP contribution is 2.22. The number of ether oxygens (including phenoxy) is 2. The van der Waals surface area contributed by atoms with Gasteiger partial charge in [-0.2, -0.15) is 0 Å². The van der Waals surface area contributed by atoms with Crippen LogP contribution in [0.2, 0.25) is 0 Å². The van der Waals surface area contributed by atoms with Crippen molar-refractivity contribution in [2.75, 3.05) is 20.1 Å². The second kappa shape index (κ2) is 13.6. The first kappa shape index (κ1) is 18.2. The van der Waals surface area contributed by atoms with E-state index in [0.29, 0.717) is 5.92 Å². The Morgan fingerprint density at radius 2 is 1.39 bits per heavy atom. The Morgan fingerprint density at radius 3 is 1.94 bits per heavy atom. The molecule has 0 aromatic rings. The smallest absolute Gasteiger partial charge is 0.159 e. The number of unbranched alkanes of at least 4 members (excludes halogenated alkanes) is 5. The number of alkyl halides is 1. The van der Waals surface area contributed by atoms with Gasteiger partial charge >= 0.3 is 0 Å². The molecular formula is C15H31ClO2. The summed E-state index contributed by atoms with van der Waals surface area (Å²) in [5.41, 5.74) is 0. The van der Waals surface area contributed by atoms with Gasteiger partial charge in [0.2, 0.25) is 0 Å². The molecular weight excluding hydrogens is 248 g/mol. The summed E-state index contributed by atoms with van der Waals surface area (Å²) in [6.45, 7) is 2.25. The summed E-state index contributed by atoms with van der Waals surface area (Å²) in [7, 11) is 3.45. The predicted octanol–water partition coefficient (Wildman–Crippen LogP) is 4.99. The van der Waals surface area contributed by atoms with Gasteiger partial charge in [-0.05, 0) is 19.3 Å². The molecule has 2 nitrogen and oxygen atoms in total. The van der Waals surface area contributed by atoms with Crippen molar-refractivity contribution < 1.29 is 9.47 Å². The largest absolute Gasteiger partial charge is 0.356 e. The molecule has 3 heteroatoms. The highest BCUT2D eigenvalue weighted by atomic mass is 35.5. The number of methoxy groups -OCH3 is 2. The minimum Gasteiger partial charge on any atom is -0.356 e. The van der Waals surface area contributed by atoms with Crippen LogP contribution in [0.25, 0.3) is 0 Å². The molecule has 0 saturated carbocycles. The molecule has 0 aliphatic carbocycles. The van der Waals surface area contributed by atoms with E-state index in [4.69, 9.17) is 21.1 Å². The Balaban J connectivity index is 3.78. The second-order valence-corrected chi connectivity index (χ2v) is 5.37. The molecule has 1 unspecified atom stereocenters. The Bertz CT molecular complexity index is 161. The van der Waals surface area contributed by atoms with Crippen molar-refractivity contribution in [3.05, 3.63) is 0 Å². The van der Waals surface area contributed by atoms with Crippen LogP contribution in [0.15, 0.2) is 0 Å². The number of halogens is 1. The number of hydrogen-bond donors (Lipinski definition) is 0. The van der Waals surface area contributed by atoms with E-state index in [1.165, 1.54) is 44.9 Å².